The van der Waals surface area contributed by atoms with Gasteiger partial charge in [-0.1, -0.05) is 77.4 Å². The van der Waals surface area contributed by atoms with Crippen LogP contribution in [0.4, 0.5) is 5.69 Å². The maximum atomic E-state index is 6.44. The summed E-state index contributed by atoms with van der Waals surface area (Å²) in [6, 6.07) is 19.1. The SMILES string of the molecule is CCCCc1cc(C)c2c(c1)C1C=C(CC(C)C)c3cc4c(cc3N1[C@@H](CC)[C@@H]2CC)oc1ccccc14. The van der Waals surface area contributed by atoms with Crippen molar-refractivity contribution < 1.29 is 4.42 Å². The molecule has 0 saturated heterocycles. The average Bonchev–Trinajstić information content (AvgIpc) is 3.27. The van der Waals surface area contributed by atoms with E-state index >= 15 is 0 Å². The number of aryl methyl sites for hydroxylation is 2. The first-order chi connectivity index (χ1) is 18.4. The van der Waals surface area contributed by atoms with Gasteiger partial charge in [0.2, 0.25) is 0 Å². The number of hydrogen-bond donors (Lipinski definition) is 0. The molecule has 2 nitrogen and oxygen atoms in total. The van der Waals surface area contributed by atoms with Gasteiger partial charge < -0.3 is 9.32 Å². The molecule has 0 spiro atoms. The third-order valence-corrected chi connectivity index (χ3v) is 9.07. The molecule has 1 aromatic heterocycles. The number of rotatable bonds is 7. The Kier molecular flexibility index (Phi) is 6.62. The molecule has 0 bridgehead atoms. The molecular formula is C36H43NO. The van der Waals surface area contributed by atoms with Crippen LogP contribution in [-0.4, -0.2) is 6.04 Å². The summed E-state index contributed by atoms with van der Waals surface area (Å²) in [5.74, 6) is 1.13. The van der Waals surface area contributed by atoms with Gasteiger partial charge in [0.25, 0.3) is 0 Å². The maximum absolute atomic E-state index is 6.44. The molecule has 0 aliphatic carbocycles. The predicted octanol–water partition coefficient (Wildman–Crippen LogP) is 10.5. The van der Waals surface area contributed by atoms with Crippen LogP contribution in [-0.2, 0) is 6.42 Å². The maximum Gasteiger partial charge on any atom is 0.137 e. The van der Waals surface area contributed by atoms with Gasteiger partial charge in [0, 0.05) is 40.0 Å². The smallest absolute Gasteiger partial charge is 0.137 e. The lowest BCUT2D eigenvalue weighted by molar-refractivity contribution is 0.414. The number of allylic oxidation sites excluding steroid dienone is 1. The van der Waals surface area contributed by atoms with Crippen LogP contribution in [0, 0.1) is 12.8 Å². The van der Waals surface area contributed by atoms with Gasteiger partial charge in [0.1, 0.15) is 11.2 Å². The second-order valence-electron chi connectivity index (χ2n) is 12.1. The monoisotopic (exact) mass is 505 g/mol. The summed E-state index contributed by atoms with van der Waals surface area (Å²) in [5, 5.41) is 2.46. The van der Waals surface area contributed by atoms with E-state index in [0.29, 0.717) is 17.9 Å². The molecule has 4 aromatic rings. The van der Waals surface area contributed by atoms with Crippen molar-refractivity contribution in [2.24, 2.45) is 5.92 Å². The van der Waals surface area contributed by atoms with E-state index in [0.717, 1.165) is 30.4 Å². The molecule has 3 heterocycles. The van der Waals surface area contributed by atoms with Crippen molar-refractivity contribution in [3.63, 3.8) is 0 Å². The molecule has 3 aromatic carbocycles. The summed E-state index contributed by atoms with van der Waals surface area (Å²) in [6.07, 6.45) is 9.68. The van der Waals surface area contributed by atoms with Crippen molar-refractivity contribution >= 4 is 33.2 Å². The number of para-hydroxylation sites is 1. The van der Waals surface area contributed by atoms with Crippen LogP contribution in [0.25, 0.3) is 27.5 Å². The Labute approximate surface area is 228 Å². The topological polar surface area (TPSA) is 16.4 Å². The first-order valence-corrected chi connectivity index (χ1v) is 15.0. The molecular weight excluding hydrogens is 462 g/mol. The van der Waals surface area contributed by atoms with E-state index in [1.807, 2.05) is 0 Å². The second kappa shape index (κ2) is 9.95. The molecule has 1 unspecified atom stereocenters. The van der Waals surface area contributed by atoms with Gasteiger partial charge in [-0.2, -0.15) is 0 Å². The Morgan fingerprint density at radius 3 is 2.47 bits per heavy atom. The van der Waals surface area contributed by atoms with Crippen LogP contribution in [0.1, 0.15) is 106 Å². The highest BCUT2D eigenvalue weighted by Gasteiger charge is 2.42. The minimum atomic E-state index is 0.279. The summed E-state index contributed by atoms with van der Waals surface area (Å²) in [5.41, 5.74) is 12.4. The summed E-state index contributed by atoms with van der Waals surface area (Å²) < 4.78 is 6.44. The van der Waals surface area contributed by atoms with Crippen molar-refractivity contribution in [3.8, 4) is 0 Å². The molecule has 198 valence electrons. The van der Waals surface area contributed by atoms with Gasteiger partial charge in [-0.15, -0.1) is 0 Å². The Balaban J connectivity index is 1.62. The van der Waals surface area contributed by atoms with Crippen LogP contribution in [0.5, 0.6) is 0 Å². The van der Waals surface area contributed by atoms with Crippen LogP contribution in [0.2, 0.25) is 0 Å². The number of benzene rings is 3. The lowest BCUT2D eigenvalue weighted by atomic mass is 9.72. The zero-order chi connectivity index (χ0) is 26.6. The molecule has 2 aliphatic heterocycles. The Morgan fingerprint density at radius 1 is 0.921 bits per heavy atom. The van der Waals surface area contributed by atoms with Gasteiger partial charge in [-0.25, -0.2) is 0 Å². The number of nitrogens with zero attached hydrogens (tertiary/aromatic N) is 1. The lowest BCUT2D eigenvalue weighted by Gasteiger charge is -2.51. The van der Waals surface area contributed by atoms with Gasteiger partial charge in [0.15, 0.2) is 0 Å². The Bertz CT molecular complexity index is 1520. The highest BCUT2D eigenvalue weighted by Crippen LogP contribution is 2.53. The molecule has 2 heteroatoms. The van der Waals surface area contributed by atoms with Crippen LogP contribution < -0.4 is 4.90 Å². The van der Waals surface area contributed by atoms with E-state index in [9.17, 15) is 0 Å². The minimum Gasteiger partial charge on any atom is -0.456 e. The number of unbranched alkanes of at least 4 members (excludes halogenated alkanes) is 1. The van der Waals surface area contributed by atoms with E-state index in [2.05, 4.69) is 101 Å². The quantitative estimate of drug-likeness (QED) is 0.248. The molecule has 0 radical (unpaired) electrons. The molecule has 3 atom stereocenters. The van der Waals surface area contributed by atoms with Crippen LogP contribution >= 0.6 is 0 Å². The van der Waals surface area contributed by atoms with E-state index in [1.165, 1.54) is 58.0 Å². The van der Waals surface area contributed by atoms with E-state index < -0.39 is 0 Å². The predicted molar refractivity (Wildman–Crippen MR) is 163 cm³/mol. The largest absolute Gasteiger partial charge is 0.456 e. The fourth-order valence-electron chi connectivity index (χ4n) is 7.51. The average molecular weight is 506 g/mol. The van der Waals surface area contributed by atoms with Crippen molar-refractivity contribution in [1.29, 1.82) is 0 Å². The summed E-state index contributed by atoms with van der Waals surface area (Å²) in [7, 11) is 0. The highest BCUT2D eigenvalue weighted by molar-refractivity contribution is 6.08. The van der Waals surface area contributed by atoms with Gasteiger partial charge in [0.05, 0.1) is 6.04 Å². The summed E-state index contributed by atoms with van der Waals surface area (Å²) in [6.45, 7) is 14.1. The van der Waals surface area contributed by atoms with Crippen molar-refractivity contribution in [1.82, 2.24) is 0 Å². The van der Waals surface area contributed by atoms with Crippen molar-refractivity contribution in [2.45, 2.75) is 98.1 Å². The zero-order valence-electron chi connectivity index (χ0n) is 24.1. The summed E-state index contributed by atoms with van der Waals surface area (Å²) >= 11 is 0. The molecule has 0 fully saturated rings. The minimum absolute atomic E-state index is 0.279. The van der Waals surface area contributed by atoms with Crippen molar-refractivity contribution in [2.75, 3.05) is 4.90 Å². The normalized spacial score (nSPS) is 20.6. The number of anilines is 1. The fraction of sp³-hybridized carbons (Fsp3) is 0.444. The van der Waals surface area contributed by atoms with E-state index in [1.54, 1.807) is 11.1 Å². The summed E-state index contributed by atoms with van der Waals surface area (Å²) in [4.78, 5) is 2.78. The number of furan rings is 1. The fourth-order valence-corrected chi connectivity index (χ4v) is 7.51. The molecule has 0 N–H and O–H groups in total. The molecule has 0 saturated carbocycles. The van der Waals surface area contributed by atoms with Crippen LogP contribution in [0.3, 0.4) is 0 Å². The zero-order valence-corrected chi connectivity index (χ0v) is 24.1. The first-order valence-electron chi connectivity index (χ1n) is 15.0. The highest BCUT2D eigenvalue weighted by atomic mass is 16.3. The van der Waals surface area contributed by atoms with Gasteiger partial charge in [-0.3, -0.25) is 0 Å². The van der Waals surface area contributed by atoms with Gasteiger partial charge in [-0.05, 0) is 84.9 Å². The Morgan fingerprint density at radius 2 is 1.74 bits per heavy atom. The standard InChI is InChI=1S/C36H43NO/c1-7-10-13-24-17-23(6)36-26(8-2)31(9-3)37-32(30(36)18-24)19-25(16-22(4)5)28-20-29-27-14-11-12-15-34(27)38-35(29)21-33(28)37/h11-12,14-15,17-22,26,31-32H,7-10,13,16H2,1-6H3/t26-,31-,32?/m0/s1. The van der Waals surface area contributed by atoms with Gasteiger partial charge >= 0.3 is 0 Å². The van der Waals surface area contributed by atoms with Crippen molar-refractivity contribution in [3.05, 3.63) is 82.4 Å². The lowest BCUT2D eigenvalue weighted by Crippen LogP contribution is -2.47. The van der Waals surface area contributed by atoms with E-state index in [4.69, 9.17) is 4.42 Å². The molecule has 0 amide bonds. The Hall–Kier alpha value is -3.00. The molecule has 38 heavy (non-hydrogen) atoms. The third-order valence-electron chi connectivity index (χ3n) is 9.07. The first kappa shape index (κ1) is 25.3. The number of hydrogen-bond acceptors (Lipinski definition) is 2. The van der Waals surface area contributed by atoms with E-state index in [-0.39, 0.29) is 6.04 Å². The third kappa shape index (κ3) is 3.99. The van der Waals surface area contributed by atoms with Crippen LogP contribution in [0.15, 0.2) is 59.0 Å². The molecule has 6 rings (SSSR count). The second-order valence-corrected chi connectivity index (χ2v) is 12.1. The number of fused-ring (bicyclic) bond motifs is 8. The molecule has 2 aliphatic rings.